The van der Waals surface area contributed by atoms with Gasteiger partial charge in [-0.15, -0.1) is 0 Å². The largest absolute Gasteiger partial charge is 0.473 e. The number of hydrogen-bond donors (Lipinski definition) is 0. The third-order valence-electron chi connectivity index (χ3n) is 2.06. The lowest BCUT2D eigenvalue weighted by atomic mass is 10.2. The monoisotopic (exact) mass is 268 g/mol. The maximum absolute atomic E-state index is 5.87. The van der Waals surface area contributed by atoms with Crippen LogP contribution in [0.25, 0.3) is 0 Å². The lowest BCUT2D eigenvalue weighted by molar-refractivity contribution is 0.292. The molecule has 0 spiro atoms. The minimum absolute atomic E-state index is 0.374. The third kappa shape index (κ3) is 3.58. The molecule has 0 aliphatic rings. The van der Waals surface area contributed by atoms with E-state index in [4.69, 9.17) is 27.9 Å². The minimum Gasteiger partial charge on any atom is -0.473 e. The topological polar surface area (TPSA) is 35.0 Å². The number of aromatic nitrogens is 2. The van der Waals surface area contributed by atoms with Gasteiger partial charge in [-0.25, -0.2) is 4.98 Å². The summed E-state index contributed by atoms with van der Waals surface area (Å²) in [5.74, 6) is 1.04. The fraction of sp³-hybridized carbons (Fsp3) is 0.167. The van der Waals surface area contributed by atoms with Crippen LogP contribution in [0.2, 0.25) is 10.2 Å². The van der Waals surface area contributed by atoms with E-state index >= 15 is 0 Å². The minimum atomic E-state index is 0.374. The van der Waals surface area contributed by atoms with Crippen molar-refractivity contribution in [3.05, 3.63) is 51.9 Å². The summed E-state index contributed by atoms with van der Waals surface area (Å²) in [6.45, 7) is 2.16. The van der Waals surface area contributed by atoms with Crippen LogP contribution < -0.4 is 4.74 Å². The van der Waals surface area contributed by atoms with Gasteiger partial charge in [0.25, 0.3) is 0 Å². The number of halogens is 2. The van der Waals surface area contributed by atoms with Crippen LogP contribution in [0.15, 0.2) is 30.3 Å². The van der Waals surface area contributed by atoms with Gasteiger partial charge >= 0.3 is 0 Å². The maximum atomic E-state index is 5.87. The zero-order valence-corrected chi connectivity index (χ0v) is 10.7. The first-order valence-electron chi connectivity index (χ1n) is 5.02. The molecular formula is C12H10Cl2N2O. The predicted octanol–water partition coefficient (Wildman–Crippen LogP) is 3.67. The summed E-state index contributed by atoms with van der Waals surface area (Å²) in [5.41, 5.74) is 0.977. The second-order valence-corrected chi connectivity index (χ2v) is 4.32. The number of ether oxygens (including phenoxy) is 1. The molecule has 0 N–H and O–H groups in total. The summed E-state index contributed by atoms with van der Waals surface area (Å²) in [5, 5.41) is 1.06. The molecular weight excluding hydrogens is 259 g/mol. The molecule has 0 aliphatic heterocycles. The van der Waals surface area contributed by atoms with Crippen LogP contribution in [0.5, 0.6) is 5.88 Å². The van der Waals surface area contributed by atoms with Gasteiger partial charge in [-0.3, -0.25) is 0 Å². The van der Waals surface area contributed by atoms with Gasteiger partial charge in [-0.05, 0) is 24.6 Å². The Hall–Kier alpha value is -1.32. The van der Waals surface area contributed by atoms with Crippen molar-refractivity contribution in [3.8, 4) is 5.88 Å². The van der Waals surface area contributed by atoms with Gasteiger partial charge in [0, 0.05) is 11.1 Å². The fourth-order valence-electron chi connectivity index (χ4n) is 1.36. The maximum Gasteiger partial charge on any atom is 0.218 e. The van der Waals surface area contributed by atoms with Crippen molar-refractivity contribution in [2.24, 2.45) is 0 Å². The molecule has 1 aromatic heterocycles. The van der Waals surface area contributed by atoms with Crippen LogP contribution in [-0.2, 0) is 6.61 Å². The van der Waals surface area contributed by atoms with Crippen molar-refractivity contribution in [1.82, 2.24) is 9.97 Å². The predicted molar refractivity (Wildman–Crippen MR) is 67.6 cm³/mol. The second kappa shape index (κ2) is 5.34. The highest BCUT2D eigenvalue weighted by Crippen LogP contribution is 2.16. The molecule has 0 bridgehead atoms. The number of benzene rings is 1. The molecule has 1 heterocycles. The normalized spacial score (nSPS) is 10.3. The van der Waals surface area contributed by atoms with Crippen molar-refractivity contribution in [2.75, 3.05) is 0 Å². The van der Waals surface area contributed by atoms with E-state index in [0.717, 1.165) is 5.56 Å². The van der Waals surface area contributed by atoms with Crippen LogP contribution in [0.4, 0.5) is 0 Å². The van der Waals surface area contributed by atoms with E-state index in [2.05, 4.69) is 9.97 Å². The van der Waals surface area contributed by atoms with Crippen molar-refractivity contribution in [2.45, 2.75) is 13.5 Å². The summed E-state index contributed by atoms with van der Waals surface area (Å²) >= 11 is 11.7. The number of rotatable bonds is 3. The molecule has 0 amide bonds. The summed E-state index contributed by atoms with van der Waals surface area (Å²) in [4.78, 5) is 8.08. The molecule has 2 aromatic rings. The van der Waals surface area contributed by atoms with Crippen LogP contribution in [0.3, 0.4) is 0 Å². The zero-order valence-electron chi connectivity index (χ0n) is 9.15. The Balaban J connectivity index is 2.07. The molecule has 0 aliphatic carbocycles. The van der Waals surface area contributed by atoms with Crippen LogP contribution in [0.1, 0.15) is 11.4 Å². The second-order valence-electron chi connectivity index (χ2n) is 3.49. The summed E-state index contributed by atoms with van der Waals surface area (Å²) in [6, 6.07) is 9.05. The van der Waals surface area contributed by atoms with E-state index < -0.39 is 0 Å². The van der Waals surface area contributed by atoms with E-state index in [9.17, 15) is 0 Å². The quantitative estimate of drug-likeness (QED) is 0.797. The van der Waals surface area contributed by atoms with Gasteiger partial charge in [0.1, 0.15) is 17.6 Å². The summed E-state index contributed by atoms with van der Waals surface area (Å²) in [6.07, 6.45) is 0. The SMILES string of the molecule is Cc1nc(Cl)cc(OCc2cccc(Cl)c2)n1. The molecule has 0 fully saturated rings. The highest BCUT2D eigenvalue weighted by atomic mass is 35.5. The Morgan fingerprint density at radius 1 is 1.18 bits per heavy atom. The Morgan fingerprint density at radius 2 is 2.00 bits per heavy atom. The molecule has 0 unspecified atom stereocenters. The van der Waals surface area contributed by atoms with E-state index in [-0.39, 0.29) is 0 Å². The van der Waals surface area contributed by atoms with Gasteiger partial charge in [-0.2, -0.15) is 4.98 Å². The average Bonchev–Trinajstić information content (AvgIpc) is 2.25. The molecule has 0 saturated heterocycles. The third-order valence-corrected chi connectivity index (χ3v) is 2.49. The molecule has 0 radical (unpaired) electrons. The molecule has 5 heteroatoms. The zero-order chi connectivity index (χ0) is 12.3. The Labute approximate surface area is 109 Å². The summed E-state index contributed by atoms with van der Waals surface area (Å²) < 4.78 is 5.51. The van der Waals surface area contributed by atoms with E-state index in [0.29, 0.717) is 28.5 Å². The first kappa shape index (κ1) is 12.1. The fourth-order valence-corrected chi connectivity index (χ4v) is 1.79. The number of hydrogen-bond acceptors (Lipinski definition) is 3. The molecule has 2 rings (SSSR count). The highest BCUT2D eigenvalue weighted by molar-refractivity contribution is 6.30. The van der Waals surface area contributed by atoms with Gasteiger partial charge in [0.2, 0.25) is 5.88 Å². The van der Waals surface area contributed by atoms with E-state index in [1.807, 2.05) is 24.3 Å². The lowest BCUT2D eigenvalue weighted by Gasteiger charge is -2.06. The molecule has 17 heavy (non-hydrogen) atoms. The van der Waals surface area contributed by atoms with Crippen molar-refractivity contribution in [3.63, 3.8) is 0 Å². The van der Waals surface area contributed by atoms with Crippen molar-refractivity contribution >= 4 is 23.2 Å². The van der Waals surface area contributed by atoms with Crippen LogP contribution in [-0.4, -0.2) is 9.97 Å². The Morgan fingerprint density at radius 3 is 2.71 bits per heavy atom. The Kier molecular flexibility index (Phi) is 3.82. The van der Waals surface area contributed by atoms with E-state index in [1.54, 1.807) is 13.0 Å². The molecule has 3 nitrogen and oxygen atoms in total. The van der Waals surface area contributed by atoms with Gasteiger partial charge in [-0.1, -0.05) is 35.3 Å². The molecule has 88 valence electrons. The molecule has 1 aromatic carbocycles. The van der Waals surface area contributed by atoms with Crippen molar-refractivity contribution in [1.29, 1.82) is 0 Å². The number of aryl methyl sites for hydroxylation is 1. The highest BCUT2D eigenvalue weighted by Gasteiger charge is 2.02. The van der Waals surface area contributed by atoms with Gasteiger partial charge < -0.3 is 4.74 Å². The van der Waals surface area contributed by atoms with Crippen molar-refractivity contribution < 1.29 is 4.74 Å². The smallest absolute Gasteiger partial charge is 0.218 e. The lowest BCUT2D eigenvalue weighted by Crippen LogP contribution is -1.99. The summed E-state index contributed by atoms with van der Waals surface area (Å²) in [7, 11) is 0. The van der Waals surface area contributed by atoms with Gasteiger partial charge in [0.15, 0.2) is 0 Å². The number of nitrogens with zero attached hydrogens (tertiary/aromatic N) is 2. The van der Waals surface area contributed by atoms with Crippen LogP contribution >= 0.6 is 23.2 Å². The van der Waals surface area contributed by atoms with Crippen LogP contribution in [0, 0.1) is 6.92 Å². The molecule has 0 saturated carbocycles. The van der Waals surface area contributed by atoms with Gasteiger partial charge in [0.05, 0.1) is 0 Å². The Bertz CT molecular complexity index is 511. The first-order chi connectivity index (χ1) is 8.13. The molecule has 0 atom stereocenters. The average molecular weight is 269 g/mol. The first-order valence-corrected chi connectivity index (χ1v) is 5.77. The van der Waals surface area contributed by atoms with E-state index in [1.165, 1.54) is 0 Å². The standard InChI is InChI=1S/C12H10Cl2N2O/c1-8-15-11(14)6-12(16-8)17-7-9-3-2-4-10(13)5-9/h2-6H,7H2,1H3.